The highest BCUT2D eigenvalue weighted by Gasteiger charge is 2.30. The third-order valence-corrected chi connectivity index (χ3v) is 7.34. The Labute approximate surface area is 235 Å². The molecule has 8 nitrogen and oxygen atoms in total. The average molecular weight is 570 g/mol. The van der Waals surface area contributed by atoms with Crippen molar-refractivity contribution in [1.82, 2.24) is 10.2 Å². The number of anilines is 1. The van der Waals surface area contributed by atoms with Gasteiger partial charge in [0.05, 0.1) is 11.9 Å². The molecule has 0 heterocycles. The van der Waals surface area contributed by atoms with Gasteiger partial charge in [0.15, 0.2) is 0 Å². The van der Waals surface area contributed by atoms with Crippen LogP contribution in [0.1, 0.15) is 31.9 Å². The lowest BCUT2D eigenvalue weighted by Gasteiger charge is -2.31. The van der Waals surface area contributed by atoms with Crippen molar-refractivity contribution in [2.75, 3.05) is 23.7 Å². The second kappa shape index (κ2) is 13.9. The maximum Gasteiger partial charge on any atom is 0.244 e. The summed E-state index contributed by atoms with van der Waals surface area (Å²) in [6.45, 7) is 5.39. The fourth-order valence-corrected chi connectivity index (χ4v) is 4.76. The van der Waals surface area contributed by atoms with E-state index in [1.54, 1.807) is 30.3 Å². The molecule has 0 unspecified atom stereocenters. The Bertz CT molecular complexity index is 1380. The summed E-state index contributed by atoms with van der Waals surface area (Å²) in [5, 5.41) is 2.79. The van der Waals surface area contributed by atoms with Crippen LogP contribution in [0.4, 0.5) is 10.1 Å². The second-order valence-electron chi connectivity index (χ2n) is 9.97. The van der Waals surface area contributed by atoms with Gasteiger partial charge in [-0.15, -0.1) is 0 Å². The molecule has 0 radical (unpaired) electrons. The first-order valence-corrected chi connectivity index (χ1v) is 14.9. The van der Waals surface area contributed by atoms with Gasteiger partial charge in [0, 0.05) is 18.7 Å². The summed E-state index contributed by atoms with van der Waals surface area (Å²) < 4.78 is 46.8. The van der Waals surface area contributed by atoms with Crippen molar-refractivity contribution in [1.29, 1.82) is 0 Å². The Morgan fingerprint density at radius 1 is 0.925 bits per heavy atom. The number of rotatable bonds is 13. The summed E-state index contributed by atoms with van der Waals surface area (Å²) >= 11 is 0. The molecular formula is C30H36FN3O5S. The number of nitrogens with zero attached hydrogens (tertiary/aromatic N) is 2. The van der Waals surface area contributed by atoms with E-state index in [-0.39, 0.29) is 23.7 Å². The zero-order valence-electron chi connectivity index (χ0n) is 23.2. The summed E-state index contributed by atoms with van der Waals surface area (Å²) in [5.74, 6) is -0.869. The van der Waals surface area contributed by atoms with Crippen LogP contribution in [0.3, 0.4) is 0 Å². The second-order valence-corrected chi connectivity index (χ2v) is 11.9. The van der Waals surface area contributed by atoms with Gasteiger partial charge in [0.2, 0.25) is 21.8 Å². The van der Waals surface area contributed by atoms with Crippen molar-refractivity contribution in [3.8, 4) is 5.75 Å². The fourth-order valence-electron chi connectivity index (χ4n) is 3.91. The van der Waals surface area contributed by atoms with Crippen LogP contribution in [0, 0.1) is 11.7 Å². The van der Waals surface area contributed by atoms with E-state index in [0.717, 1.165) is 16.1 Å². The van der Waals surface area contributed by atoms with Gasteiger partial charge in [-0.2, -0.15) is 0 Å². The highest BCUT2D eigenvalue weighted by atomic mass is 32.2. The number of carbonyl (C=O) groups is 2. The Morgan fingerprint density at radius 2 is 1.55 bits per heavy atom. The molecule has 0 fully saturated rings. The largest absolute Gasteiger partial charge is 0.489 e. The Balaban J connectivity index is 1.82. The SMILES string of the molecule is CC(C)CNC(=O)[C@@H](C)N(Cc1ccccc1F)C(=O)CN(c1ccc(OCc2ccccc2)cc1)S(C)(=O)=O. The first-order valence-electron chi connectivity index (χ1n) is 13.0. The Morgan fingerprint density at radius 3 is 2.15 bits per heavy atom. The molecule has 0 bridgehead atoms. The minimum atomic E-state index is -3.89. The molecule has 214 valence electrons. The molecule has 3 rings (SSSR count). The summed E-state index contributed by atoms with van der Waals surface area (Å²) in [6.07, 6.45) is 1.00. The molecule has 0 aliphatic rings. The van der Waals surface area contributed by atoms with E-state index in [0.29, 0.717) is 18.9 Å². The first-order chi connectivity index (χ1) is 19.0. The van der Waals surface area contributed by atoms with Crippen molar-refractivity contribution in [2.24, 2.45) is 5.92 Å². The molecule has 40 heavy (non-hydrogen) atoms. The Hall–Kier alpha value is -3.92. The van der Waals surface area contributed by atoms with Crippen LogP contribution in [0.15, 0.2) is 78.9 Å². The highest BCUT2D eigenvalue weighted by molar-refractivity contribution is 7.92. The van der Waals surface area contributed by atoms with Crippen LogP contribution < -0.4 is 14.4 Å². The summed E-state index contributed by atoms with van der Waals surface area (Å²) in [6, 6.07) is 20.9. The highest BCUT2D eigenvalue weighted by Crippen LogP contribution is 2.23. The predicted octanol–water partition coefficient (Wildman–Crippen LogP) is 4.36. The van der Waals surface area contributed by atoms with E-state index in [9.17, 15) is 22.4 Å². The molecule has 0 aromatic heterocycles. The van der Waals surface area contributed by atoms with Crippen molar-refractivity contribution in [3.05, 3.63) is 95.8 Å². The van der Waals surface area contributed by atoms with E-state index in [2.05, 4.69) is 5.32 Å². The molecule has 1 N–H and O–H groups in total. The van der Waals surface area contributed by atoms with Gasteiger partial charge in [0.1, 0.15) is 30.8 Å². The van der Waals surface area contributed by atoms with Crippen LogP contribution in [0.2, 0.25) is 0 Å². The first kappa shape index (κ1) is 30.6. The number of nitrogens with one attached hydrogen (secondary N) is 1. The summed E-state index contributed by atoms with van der Waals surface area (Å²) in [7, 11) is -3.89. The molecule has 3 aromatic rings. The van der Waals surface area contributed by atoms with Crippen molar-refractivity contribution in [2.45, 2.75) is 40.0 Å². The van der Waals surface area contributed by atoms with Gasteiger partial charge >= 0.3 is 0 Å². The van der Waals surface area contributed by atoms with Crippen molar-refractivity contribution < 1.29 is 27.1 Å². The smallest absolute Gasteiger partial charge is 0.244 e. The van der Waals surface area contributed by atoms with Crippen molar-refractivity contribution >= 4 is 27.5 Å². The monoisotopic (exact) mass is 569 g/mol. The van der Waals surface area contributed by atoms with Gasteiger partial charge in [-0.1, -0.05) is 62.4 Å². The lowest BCUT2D eigenvalue weighted by molar-refractivity contribution is -0.139. The van der Waals surface area contributed by atoms with Gasteiger partial charge in [0.25, 0.3) is 0 Å². The lowest BCUT2D eigenvalue weighted by atomic mass is 10.1. The third kappa shape index (κ3) is 8.81. The molecule has 3 aromatic carbocycles. The molecule has 1 atom stereocenters. The predicted molar refractivity (Wildman–Crippen MR) is 154 cm³/mol. The molecule has 2 amide bonds. The van der Waals surface area contributed by atoms with Crippen LogP contribution in [-0.2, 0) is 32.8 Å². The van der Waals surface area contributed by atoms with Gasteiger partial charge in [-0.05, 0) is 48.7 Å². The number of ether oxygens (including phenoxy) is 1. The quantitative estimate of drug-likeness (QED) is 0.330. The number of hydrogen-bond donors (Lipinski definition) is 1. The normalized spacial score (nSPS) is 12.1. The van der Waals surface area contributed by atoms with E-state index < -0.39 is 40.2 Å². The zero-order valence-corrected chi connectivity index (χ0v) is 24.0. The number of benzene rings is 3. The molecule has 0 saturated carbocycles. The molecule has 0 aliphatic heterocycles. The maximum atomic E-state index is 14.5. The Kier molecular flexibility index (Phi) is 10.7. The average Bonchev–Trinajstić information content (AvgIpc) is 2.93. The standard InChI is InChI=1S/C30H36FN3O5S/c1-22(2)18-32-30(36)23(3)33(19-25-12-8-9-13-28(25)31)29(35)20-34(40(4,37)38)26-14-16-27(17-15-26)39-21-24-10-6-5-7-11-24/h5-17,22-23H,18-21H2,1-4H3,(H,32,36)/t23-/m1/s1. The molecule has 0 saturated heterocycles. The van der Waals surface area contributed by atoms with Gasteiger partial charge in [-0.3, -0.25) is 13.9 Å². The number of hydrogen-bond acceptors (Lipinski definition) is 5. The zero-order chi connectivity index (χ0) is 29.3. The molecular weight excluding hydrogens is 533 g/mol. The summed E-state index contributed by atoms with van der Waals surface area (Å²) in [4.78, 5) is 27.7. The fraction of sp³-hybridized carbons (Fsp3) is 0.333. The number of amides is 2. The molecule has 10 heteroatoms. The number of halogens is 1. The van der Waals surface area contributed by atoms with Crippen LogP contribution in [0.5, 0.6) is 5.75 Å². The molecule has 0 aliphatic carbocycles. The van der Waals surface area contributed by atoms with E-state index in [4.69, 9.17) is 4.74 Å². The lowest BCUT2D eigenvalue weighted by Crippen LogP contribution is -2.51. The number of sulfonamides is 1. The van der Waals surface area contributed by atoms with Gasteiger partial charge in [-0.25, -0.2) is 12.8 Å². The topological polar surface area (TPSA) is 96.0 Å². The maximum absolute atomic E-state index is 14.5. The third-order valence-electron chi connectivity index (χ3n) is 6.20. The van der Waals surface area contributed by atoms with Crippen LogP contribution in [-0.4, -0.2) is 50.5 Å². The van der Waals surface area contributed by atoms with E-state index >= 15 is 0 Å². The van der Waals surface area contributed by atoms with Crippen LogP contribution in [0.25, 0.3) is 0 Å². The minimum Gasteiger partial charge on any atom is -0.489 e. The van der Waals surface area contributed by atoms with Crippen molar-refractivity contribution in [3.63, 3.8) is 0 Å². The van der Waals surface area contributed by atoms with E-state index in [1.807, 2.05) is 44.2 Å². The van der Waals surface area contributed by atoms with Crippen LogP contribution >= 0.6 is 0 Å². The van der Waals surface area contributed by atoms with E-state index in [1.165, 1.54) is 30.0 Å². The van der Waals surface area contributed by atoms with Gasteiger partial charge < -0.3 is 15.0 Å². The minimum absolute atomic E-state index is 0.187. The number of carbonyl (C=O) groups excluding carboxylic acids is 2. The summed E-state index contributed by atoms with van der Waals surface area (Å²) in [5.41, 5.74) is 1.45. The molecule has 0 spiro atoms.